The van der Waals surface area contributed by atoms with E-state index in [1.165, 1.54) is 24.0 Å². The summed E-state index contributed by atoms with van der Waals surface area (Å²) in [6, 6.07) is 4.06. The molecule has 1 fully saturated rings. The lowest BCUT2D eigenvalue weighted by Crippen LogP contribution is -2.53. The average molecular weight is 464 g/mol. The Morgan fingerprint density at radius 3 is 2.42 bits per heavy atom. The first-order chi connectivity index (χ1) is 15.5. The fourth-order valence-electron chi connectivity index (χ4n) is 3.96. The fraction of sp³-hybridized carbons (Fsp3) is 0.625. The van der Waals surface area contributed by atoms with Crippen LogP contribution in [0.4, 0.5) is 4.79 Å². The van der Waals surface area contributed by atoms with Gasteiger partial charge < -0.3 is 30.5 Å². The minimum Gasteiger partial charge on any atom is -0.508 e. The van der Waals surface area contributed by atoms with E-state index in [-0.39, 0.29) is 24.9 Å². The van der Waals surface area contributed by atoms with Gasteiger partial charge in [0.25, 0.3) is 0 Å². The van der Waals surface area contributed by atoms with Gasteiger partial charge in [-0.05, 0) is 58.2 Å². The van der Waals surface area contributed by atoms with Crippen molar-refractivity contribution in [3.63, 3.8) is 0 Å². The van der Waals surface area contributed by atoms with E-state index in [1.54, 1.807) is 32.9 Å². The van der Waals surface area contributed by atoms with Crippen LogP contribution in [-0.2, 0) is 14.3 Å². The predicted molar refractivity (Wildman–Crippen MR) is 123 cm³/mol. The summed E-state index contributed by atoms with van der Waals surface area (Å²) < 4.78 is 5.22. The molecule has 9 heteroatoms. The first-order valence-electron chi connectivity index (χ1n) is 11.5. The number of aliphatic hydroxyl groups is 1. The third-order valence-corrected chi connectivity index (χ3v) is 5.43. The highest BCUT2D eigenvalue weighted by atomic mass is 16.6. The minimum atomic E-state index is -1.08. The number of carbonyl (C=O) groups is 3. The van der Waals surface area contributed by atoms with Crippen molar-refractivity contribution in [2.45, 2.75) is 83.5 Å². The topological polar surface area (TPSA) is 128 Å². The number of hydrogen-bond acceptors (Lipinski definition) is 6. The van der Waals surface area contributed by atoms with Gasteiger partial charge in [0.2, 0.25) is 11.8 Å². The number of carbonyl (C=O) groups excluding carboxylic acids is 3. The summed E-state index contributed by atoms with van der Waals surface area (Å²) in [6.45, 7) is 6.13. The van der Waals surface area contributed by atoms with E-state index >= 15 is 0 Å². The lowest BCUT2D eigenvalue weighted by molar-refractivity contribution is -0.143. The van der Waals surface area contributed by atoms with E-state index in [1.807, 2.05) is 0 Å². The summed E-state index contributed by atoms with van der Waals surface area (Å²) in [6.07, 6.45) is 4.15. The van der Waals surface area contributed by atoms with Crippen LogP contribution >= 0.6 is 0 Å². The van der Waals surface area contributed by atoms with Crippen LogP contribution in [0, 0.1) is 0 Å². The van der Waals surface area contributed by atoms with Crippen molar-refractivity contribution in [2.75, 3.05) is 13.2 Å². The Bertz CT molecular complexity index is 817. The van der Waals surface area contributed by atoms with Crippen LogP contribution in [0.15, 0.2) is 24.3 Å². The Balaban J connectivity index is 2.29. The van der Waals surface area contributed by atoms with Gasteiger partial charge in [0.05, 0.1) is 6.61 Å². The molecule has 2 unspecified atom stereocenters. The van der Waals surface area contributed by atoms with E-state index in [4.69, 9.17) is 4.74 Å². The Labute approximate surface area is 195 Å². The number of rotatable bonds is 8. The van der Waals surface area contributed by atoms with Crippen molar-refractivity contribution in [1.82, 2.24) is 15.5 Å². The summed E-state index contributed by atoms with van der Waals surface area (Å²) in [7, 11) is 0. The van der Waals surface area contributed by atoms with Crippen LogP contribution in [0.25, 0.3) is 0 Å². The van der Waals surface area contributed by atoms with Gasteiger partial charge in [0.15, 0.2) is 0 Å². The zero-order chi connectivity index (χ0) is 24.6. The summed E-state index contributed by atoms with van der Waals surface area (Å²) in [5.41, 5.74) is -0.323. The van der Waals surface area contributed by atoms with Gasteiger partial charge in [-0.25, -0.2) is 4.79 Å². The highest BCUT2D eigenvalue weighted by Crippen LogP contribution is 2.26. The van der Waals surface area contributed by atoms with Crippen LogP contribution < -0.4 is 10.6 Å². The smallest absolute Gasteiger partial charge is 0.408 e. The lowest BCUT2D eigenvalue weighted by atomic mass is 9.94. The fourth-order valence-corrected chi connectivity index (χ4v) is 3.96. The molecule has 1 aromatic carbocycles. The van der Waals surface area contributed by atoms with Crippen molar-refractivity contribution in [3.8, 4) is 5.75 Å². The Morgan fingerprint density at radius 2 is 1.85 bits per heavy atom. The van der Waals surface area contributed by atoms with E-state index < -0.39 is 35.6 Å². The predicted octanol–water partition coefficient (Wildman–Crippen LogP) is 2.62. The number of phenols is 1. The van der Waals surface area contributed by atoms with Gasteiger partial charge in [0, 0.05) is 12.6 Å². The number of hydrogen-bond donors (Lipinski definition) is 4. The molecule has 0 spiro atoms. The Morgan fingerprint density at radius 1 is 1.18 bits per heavy atom. The molecule has 0 bridgehead atoms. The number of aromatic hydroxyl groups is 1. The van der Waals surface area contributed by atoms with Gasteiger partial charge >= 0.3 is 6.09 Å². The average Bonchev–Trinajstić information content (AvgIpc) is 2.72. The largest absolute Gasteiger partial charge is 0.508 e. The van der Waals surface area contributed by atoms with Crippen molar-refractivity contribution in [1.29, 1.82) is 0 Å². The second-order valence-electron chi connectivity index (χ2n) is 9.46. The standard InChI is InChI=1S/C24H37N3O6/c1-16(25-23(32)33-24(2,3)4)22(31)27(13-14-28)20(17-9-8-12-19(29)15-17)21(30)26-18-10-6-5-7-11-18/h8-9,12,15-16,18,20,28-29H,5-7,10-11,13-14H2,1-4H3,(H,25,32)(H,26,30). The summed E-state index contributed by atoms with van der Waals surface area (Å²) >= 11 is 0. The molecule has 0 aromatic heterocycles. The quantitative estimate of drug-likeness (QED) is 0.469. The third kappa shape index (κ3) is 8.24. The summed E-state index contributed by atoms with van der Waals surface area (Å²) in [4.78, 5) is 40.1. The molecule has 9 nitrogen and oxygen atoms in total. The van der Waals surface area contributed by atoms with E-state index in [0.717, 1.165) is 32.1 Å². The lowest BCUT2D eigenvalue weighted by Gasteiger charge is -2.34. The van der Waals surface area contributed by atoms with Gasteiger partial charge in [-0.2, -0.15) is 0 Å². The van der Waals surface area contributed by atoms with E-state index in [0.29, 0.717) is 5.56 Å². The molecule has 1 aromatic rings. The summed E-state index contributed by atoms with van der Waals surface area (Å²) in [5.74, 6) is -0.986. The van der Waals surface area contributed by atoms with Gasteiger partial charge in [-0.1, -0.05) is 31.4 Å². The number of benzene rings is 1. The molecule has 0 saturated heterocycles. The molecule has 4 N–H and O–H groups in total. The molecular formula is C24H37N3O6. The minimum absolute atomic E-state index is 0.00875. The Kier molecular flexibility index (Phi) is 9.52. The third-order valence-electron chi connectivity index (χ3n) is 5.43. The molecule has 184 valence electrons. The van der Waals surface area contributed by atoms with E-state index in [2.05, 4.69) is 10.6 Å². The normalized spacial score (nSPS) is 16.4. The molecule has 0 radical (unpaired) electrons. The molecule has 2 rings (SSSR count). The molecule has 33 heavy (non-hydrogen) atoms. The van der Waals surface area contributed by atoms with Crippen molar-refractivity contribution < 1.29 is 29.3 Å². The number of aliphatic hydroxyl groups excluding tert-OH is 1. The first kappa shape index (κ1) is 26.4. The van der Waals surface area contributed by atoms with Crippen LogP contribution in [0.3, 0.4) is 0 Å². The molecule has 0 aliphatic heterocycles. The molecule has 3 amide bonds. The maximum absolute atomic E-state index is 13.4. The summed E-state index contributed by atoms with van der Waals surface area (Å²) in [5, 5.41) is 25.2. The number of nitrogens with zero attached hydrogens (tertiary/aromatic N) is 1. The number of amides is 3. The second-order valence-corrected chi connectivity index (χ2v) is 9.46. The van der Waals surface area contributed by atoms with Gasteiger partial charge in [-0.3, -0.25) is 9.59 Å². The van der Waals surface area contributed by atoms with Crippen molar-refractivity contribution >= 4 is 17.9 Å². The van der Waals surface area contributed by atoms with Gasteiger partial charge in [0.1, 0.15) is 23.4 Å². The number of nitrogens with one attached hydrogen (secondary N) is 2. The maximum Gasteiger partial charge on any atom is 0.408 e. The van der Waals surface area contributed by atoms with Crippen LogP contribution in [0.1, 0.15) is 71.4 Å². The molecular weight excluding hydrogens is 426 g/mol. The zero-order valence-corrected chi connectivity index (χ0v) is 20.0. The zero-order valence-electron chi connectivity index (χ0n) is 20.0. The highest BCUT2D eigenvalue weighted by Gasteiger charge is 2.35. The Hall–Kier alpha value is -2.81. The number of phenolic OH excluding ortho intramolecular Hbond substituents is 1. The van der Waals surface area contributed by atoms with Gasteiger partial charge in [-0.15, -0.1) is 0 Å². The number of ether oxygens (including phenoxy) is 1. The first-order valence-corrected chi connectivity index (χ1v) is 11.5. The van der Waals surface area contributed by atoms with Crippen molar-refractivity contribution in [3.05, 3.63) is 29.8 Å². The maximum atomic E-state index is 13.4. The molecule has 1 aliphatic rings. The molecule has 1 saturated carbocycles. The molecule has 2 atom stereocenters. The number of alkyl carbamates (subject to hydrolysis) is 1. The highest BCUT2D eigenvalue weighted by molar-refractivity contribution is 5.92. The SMILES string of the molecule is CC(NC(=O)OC(C)(C)C)C(=O)N(CCO)C(C(=O)NC1CCCCC1)c1cccc(O)c1. The molecule has 1 aliphatic carbocycles. The van der Waals surface area contributed by atoms with E-state index in [9.17, 15) is 24.6 Å². The monoisotopic (exact) mass is 463 g/mol. The van der Waals surface area contributed by atoms with Crippen molar-refractivity contribution in [2.24, 2.45) is 0 Å². The second kappa shape index (κ2) is 11.9. The van der Waals surface area contributed by atoms with Crippen LogP contribution in [-0.4, -0.2) is 63.9 Å². The van der Waals surface area contributed by atoms with Crippen LogP contribution in [0.2, 0.25) is 0 Å². The van der Waals surface area contributed by atoms with Crippen LogP contribution in [0.5, 0.6) is 5.75 Å². The molecule has 0 heterocycles.